The fourth-order valence-corrected chi connectivity index (χ4v) is 6.41. The first-order chi connectivity index (χ1) is 13.9. The van der Waals surface area contributed by atoms with E-state index in [4.69, 9.17) is 9.47 Å². The van der Waals surface area contributed by atoms with Crippen LogP contribution >= 0.6 is 0 Å². The molecule has 3 aliphatic heterocycles. The van der Waals surface area contributed by atoms with Crippen molar-refractivity contribution < 1.29 is 23.9 Å². The SMILES string of the molecule is C[N+]1(C)C2CC(OC(=O)C3(O)c4ccccc4Oc4ccccc43)C[C@H]1[C@@H]1CC21. The van der Waals surface area contributed by atoms with Crippen molar-refractivity contribution in [2.75, 3.05) is 14.1 Å². The highest BCUT2D eigenvalue weighted by Gasteiger charge is 2.68. The molecule has 0 spiro atoms. The quantitative estimate of drug-likeness (QED) is 0.630. The minimum absolute atomic E-state index is 0.136. The number of ether oxygens (including phenoxy) is 2. The Kier molecular flexibility index (Phi) is 3.38. The molecule has 3 fully saturated rings. The number of hydrogen-bond donors (Lipinski definition) is 1. The average Bonchev–Trinajstić information content (AvgIpc) is 3.46. The Balaban J connectivity index is 1.34. The summed E-state index contributed by atoms with van der Waals surface area (Å²) in [6.07, 6.45) is 2.96. The van der Waals surface area contributed by atoms with Crippen molar-refractivity contribution in [3.05, 3.63) is 59.7 Å². The molecular weight excluding hydrogens is 366 g/mol. The van der Waals surface area contributed by atoms with Gasteiger partial charge in [-0.2, -0.15) is 0 Å². The van der Waals surface area contributed by atoms with Gasteiger partial charge in [-0.25, -0.2) is 4.79 Å². The van der Waals surface area contributed by atoms with Gasteiger partial charge in [0.05, 0.1) is 26.2 Å². The van der Waals surface area contributed by atoms with E-state index >= 15 is 0 Å². The third-order valence-electron chi connectivity index (χ3n) is 7.94. The topological polar surface area (TPSA) is 55.8 Å². The summed E-state index contributed by atoms with van der Waals surface area (Å²) in [5.74, 6) is 1.96. The van der Waals surface area contributed by atoms with Crippen molar-refractivity contribution in [1.82, 2.24) is 0 Å². The molecule has 2 aromatic rings. The minimum Gasteiger partial charge on any atom is -0.459 e. The summed E-state index contributed by atoms with van der Waals surface area (Å²) in [5, 5.41) is 11.7. The summed E-state index contributed by atoms with van der Waals surface area (Å²) >= 11 is 0. The van der Waals surface area contributed by atoms with Gasteiger partial charge in [0.15, 0.2) is 0 Å². The number of piperidine rings is 2. The van der Waals surface area contributed by atoms with E-state index in [0.717, 1.165) is 29.2 Å². The van der Waals surface area contributed by atoms with Crippen LogP contribution in [0.2, 0.25) is 0 Å². The number of para-hydroxylation sites is 2. The van der Waals surface area contributed by atoms with Gasteiger partial charge < -0.3 is 19.1 Å². The number of hydrogen-bond acceptors (Lipinski definition) is 4. The van der Waals surface area contributed by atoms with Crippen LogP contribution in [0, 0.1) is 11.8 Å². The van der Waals surface area contributed by atoms with Crippen molar-refractivity contribution in [1.29, 1.82) is 0 Å². The van der Waals surface area contributed by atoms with E-state index in [9.17, 15) is 9.90 Å². The molecule has 3 heterocycles. The summed E-state index contributed by atoms with van der Waals surface area (Å²) < 4.78 is 13.0. The third-order valence-corrected chi connectivity index (χ3v) is 7.94. The van der Waals surface area contributed by atoms with E-state index < -0.39 is 11.6 Å². The normalized spacial score (nSPS) is 34.2. The molecule has 3 unspecified atom stereocenters. The van der Waals surface area contributed by atoms with E-state index in [1.807, 2.05) is 24.3 Å². The molecule has 4 aliphatic rings. The van der Waals surface area contributed by atoms with Crippen LogP contribution in [0.1, 0.15) is 30.4 Å². The Hall–Kier alpha value is -2.37. The molecule has 1 saturated carbocycles. The molecule has 29 heavy (non-hydrogen) atoms. The van der Waals surface area contributed by atoms with Gasteiger partial charge in [-0.15, -0.1) is 0 Å². The summed E-state index contributed by atoms with van der Waals surface area (Å²) in [5.41, 5.74) is -0.960. The van der Waals surface area contributed by atoms with Gasteiger partial charge in [0.1, 0.15) is 17.6 Å². The van der Waals surface area contributed by atoms with Crippen LogP contribution in [-0.2, 0) is 15.1 Å². The van der Waals surface area contributed by atoms with Gasteiger partial charge in [-0.05, 0) is 18.6 Å². The lowest BCUT2D eigenvalue weighted by Gasteiger charge is -2.46. The highest BCUT2D eigenvalue weighted by Crippen LogP contribution is 2.61. The second-order valence-corrected chi connectivity index (χ2v) is 9.63. The second-order valence-electron chi connectivity index (χ2n) is 9.63. The maximum atomic E-state index is 13.5. The van der Waals surface area contributed by atoms with Gasteiger partial charge in [-0.1, -0.05) is 36.4 Å². The number of carbonyl (C=O) groups is 1. The van der Waals surface area contributed by atoms with Gasteiger partial charge >= 0.3 is 5.97 Å². The monoisotopic (exact) mass is 392 g/mol. The molecule has 6 rings (SSSR count). The predicted octanol–water partition coefficient (Wildman–Crippen LogP) is 3.20. The first-order valence-corrected chi connectivity index (χ1v) is 10.5. The Labute approximate surface area is 170 Å². The number of aliphatic hydroxyl groups is 1. The zero-order valence-electron chi connectivity index (χ0n) is 16.7. The van der Waals surface area contributed by atoms with Crippen molar-refractivity contribution >= 4 is 5.97 Å². The second kappa shape index (κ2) is 5.61. The Morgan fingerprint density at radius 1 is 0.966 bits per heavy atom. The molecule has 2 aromatic carbocycles. The fourth-order valence-electron chi connectivity index (χ4n) is 6.41. The number of nitrogens with zero attached hydrogens (tertiary/aromatic N) is 1. The lowest BCUT2D eigenvalue weighted by molar-refractivity contribution is -0.937. The van der Waals surface area contributed by atoms with Crippen LogP contribution < -0.4 is 4.74 Å². The molecule has 0 amide bonds. The van der Waals surface area contributed by atoms with Crippen molar-refractivity contribution in [3.8, 4) is 11.5 Å². The Morgan fingerprint density at radius 3 is 2.03 bits per heavy atom. The molecule has 0 radical (unpaired) electrons. The molecule has 5 atom stereocenters. The lowest BCUT2D eigenvalue weighted by Crippen LogP contribution is -2.59. The first-order valence-electron chi connectivity index (χ1n) is 10.5. The average molecular weight is 392 g/mol. The van der Waals surface area contributed by atoms with E-state index in [2.05, 4.69) is 14.1 Å². The van der Waals surface area contributed by atoms with Gasteiger partial charge in [0.25, 0.3) is 0 Å². The van der Waals surface area contributed by atoms with Crippen molar-refractivity contribution in [3.63, 3.8) is 0 Å². The molecule has 5 heteroatoms. The van der Waals surface area contributed by atoms with Crippen LogP contribution in [0.25, 0.3) is 0 Å². The van der Waals surface area contributed by atoms with E-state index in [0.29, 0.717) is 34.7 Å². The van der Waals surface area contributed by atoms with Crippen molar-refractivity contribution in [2.45, 2.75) is 43.1 Å². The molecule has 0 aromatic heterocycles. The maximum Gasteiger partial charge on any atom is 0.348 e. The first kappa shape index (κ1) is 17.5. The number of carbonyl (C=O) groups excluding carboxylic acids is 1. The third kappa shape index (κ3) is 2.26. The Bertz CT molecular complexity index is 950. The van der Waals surface area contributed by atoms with E-state index in [1.54, 1.807) is 24.3 Å². The zero-order valence-corrected chi connectivity index (χ0v) is 16.7. The van der Waals surface area contributed by atoms with Crippen LogP contribution in [0.4, 0.5) is 0 Å². The number of quaternary nitrogens is 1. The summed E-state index contributed by atoms with van der Waals surface area (Å²) in [6, 6.07) is 15.4. The zero-order chi connectivity index (χ0) is 20.0. The minimum atomic E-state index is -1.85. The fraction of sp³-hybridized carbons (Fsp3) is 0.458. The standard InChI is InChI=1S/C24H26NO4/c1-25(2)19-11-14(12-20(25)16-13-15(16)19)28-23(26)24(27)17-7-3-5-9-21(17)29-22-10-6-4-8-18(22)24/h3-10,14-16,19-20,27H,11-13H2,1-2H3/q+1/t14?,15-,16?,19+,20?/m1/s1. The maximum absolute atomic E-state index is 13.5. The van der Waals surface area contributed by atoms with Crippen LogP contribution in [0.5, 0.6) is 11.5 Å². The van der Waals surface area contributed by atoms with Crippen LogP contribution in [-0.4, -0.2) is 47.8 Å². The summed E-state index contributed by atoms with van der Waals surface area (Å²) in [4.78, 5) is 13.5. The van der Waals surface area contributed by atoms with Gasteiger partial charge in [-0.3, -0.25) is 0 Å². The Morgan fingerprint density at radius 2 is 1.48 bits per heavy atom. The molecule has 1 aliphatic carbocycles. The predicted molar refractivity (Wildman–Crippen MR) is 106 cm³/mol. The summed E-state index contributed by atoms with van der Waals surface area (Å²) in [7, 11) is 4.63. The number of benzene rings is 2. The van der Waals surface area contributed by atoms with Gasteiger partial charge in [0.2, 0.25) is 5.60 Å². The summed E-state index contributed by atoms with van der Waals surface area (Å²) in [6.45, 7) is 0. The number of rotatable bonds is 2. The van der Waals surface area contributed by atoms with Crippen LogP contribution in [0.15, 0.2) is 48.5 Å². The van der Waals surface area contributed by atoms with E-state index in [1.165, 1.54) is 6.42 Å². The smallest absolute Gasteiger partial charge is 0.348 e. The molecule has 5 nitrogen and oxygen atoms in total. The molecule has 1 N–H and O–H groups in total. The largest absolute Gasteiger partial charge is 0.459 e. The van der Waals surface area contributed by atoms with Crippen molar-refractivity contribution in [2.24, 2.45) is 11.8 Å². The highest BCUT2D eigenvalue weighted by molar-refractivity contribution is 5.88. The molecular formula is C24H26NO4+. The van der Waals surface area contributed by atoms with Gasteiger partial charge in [0, 0.05) is 35.8 Å². The van der Waals surface area contributed by atoms with E-state index in [-0.39, 0.29) is 6.10 Å². The molecule has 2 bridgehead atoms. The molecule has 2 saturated heterocycles. The highest BCUT2D eigenvalue weighted by atomic mass is 16.6. The molecule has 150 valence electrons. The van der Waals surface area contributed by atoms with Crippen LogP contribution in [0.3, 0.4) is 0 Å². The lowest BCUT2D eigenvalue weighted by atomic mass is 9.83. The number of esters is 1. The number of fused-ring (bicyclic) bond motifs is 7.